The highest BCUT2D eigenvalue weighted by atomic mass is 79.9. The zero-order valence-corrected chi connectivity index (χ0v) is 14.4. The molecule has 2 rings (SSSR count). The summed E-state index contributed by atoms with van der Waals surface area (Å²) in [6.45, 7) is 11.0. The van der Waals surface area contributed by atoms with Gasteiger partial charge in [0, 0.05) is 40.3 Å². The van der Waals surface area contributed by atoms with Crippen molar-refractivity contribution in [1.82, 2.24) is 5.32 Å². The summed E-state index contributed by atoms with van der Waals surface area (Å²) in [5, 5.41) is 3.44. The van der Waals surface area contributed by atoms with Crippen molar-refractivity contribution >= 4 is 33.4 Å². The fraction of sp³-hybridized carbons (Fsp3) is 0.600. The Morgan fingerprint density at radius 2 is 2.21 bits per heavy atom. The zero-order chi connectivity index (χ0) is 13.9. The molecule has 0 aliphatic carbocycles. The summed E-state index contributed by atoms with van der Waals surface area (Å²) in [5.41, 5.74) is 2.77. The van der Waals surface area contributed by atoms with E-state index in [1.54, 1.807) is 0 Å². The van der Waals surface area contributed by atoms with Gasteiger partial charge in [-0.2, -0.15) is 11.8 Å². The quantitative estimate of drug-likeness (QED) is 0.893. The standard InChI is InChI=1S/C15H23BrN2S/c1-4-17-10-12-5-6-13(16)9-14(12)18-7-8-19-15(2,3)11-18/h5-6,9,17H,4,7-8,10-11H2,1-3H3. The van der Waals surface area contributed by atoms with E-state index in [1.165, 1.54) is 21.5 Å². The number of benzene rings is 1. The molecule has 0 unspecified atom stereocenters. The molecule has 0 saturated carbocycles. The van der Waals surface area contributed by atoms with Crippen molar-refractivity contribution in [2.75, 3.05) is 30.3 Å². The fourth-order valence-electron chi connectivity index (χ4n) is 2.46. The molecule has 1 aromatic carbocycles. The fourth-order valence-corrected chi connectivity index (χ4v) is 3.92. The van der Waals surface area contributed by atoms with Gasteiger partial charge in [0.05, 0.1) is 0 Å². The molecule has 1 saturated heterocycles. The molecule has 0 aromatic heterocycles. The Labute approximate surface area is 129 Å². The molecule has 2 nitrogen and oxygen atoms in total. The zero-order valence-electron chi connectivity index (χ0n) is 12.0. The SMILES string of the molecule is CCNCc1ccc(Br)cc1N1CCSC(C)(C)C1. The molecule has 0 bridgehead atoms. The van der Waals surface area contributed by atoms with Crippen LogP contribution in [0.15, 0.2) is 22.7 Å². The summed E-state index contributed by atoms with van der Waals surface area (Å²) in [6, 6.07) is 6.63. The first-order valence-corrected chi connectivity index (χ1v) is 8.68. The second kappa shape index (κ2) is 6.51. The molecule has 4 heteroatoms. The van der Waals surface area contributed by atoms with Crippen molar-refractivity contribution in [2.24, 2.45) is 0 Å². The summed E-state index contributed by atoms with van der Waals surface area (Å²) >= 11 is 5.69. The molecule has 19 heavy (non-hydrogen) atoms. The highest BCUT2D eigenvalue weighted by molar-refractivity contribution is 9.10. The Kier molecular flexibility index (Phi) is 5.21. The van der Waals surface area contributed by atoms with Crippen LogP contribution >= 0.6 is 27.7 Å². The average molecular weight is 343 g/mol. The molecule has 1 heterocycles. The van der Waals surface area contributed by atoms with Crippen LogP contribution in [0.25, 0.3) is 0 Å². The van der Waals surface area contributed by atoms with Crippen molar-refractivity contribution in [3.05, 3.63) is 28.2 Å². The third-order valence-electron chi connectivity index (χ3n) is 3.38. The molecule has 1 N–H and O–H groups in total. The predicted octanol–water partition coefficient (Wildman–Crippen LogP) is 3.89. The number of hydrogen-bond acceptors (Lipinski definition) is 3. The van der Waals surface area contributed by atoms with Crippen LogP contribution in [-0.2, 0) is 6.54 Å². The second-order valence-corrected chi connectivity index (χ2v) is 8.30. The minimum Gasteiger partial charge on any atom is -0.369 e. The molecule has 0 atom stereocenters. The lowest BCUT2D eigenvalue weighted by atomic mass is 10.1. The maximum Gasteiger partial charge on any atom is 0.0423 e. The third kappa shape index (κ3) is 4.14. The van der Waals surface area contributed by atoms with E-state index in [9.17, 15) is 0 Å². The Hall–Kier alpha value is -0.190. The van der Waals surface area contributed by atoms with Crippen molar-refractivity contribution in [3.63, 3.8) is 0 Å². The van der Waals surface area contributed by atoms with Gasteiger partial charge in [-0.3, -0.25) is 0 Å². The van der Waals surface area contributed by atoms with Crippen LogP contribution in [-0.4, -0.2) is 30.1 Å². The Bertz CT molecular complexity index is 434. The number of thioether (sulfide) groups is 1. The van der Waals surface area contributed by atoms with Crippen molar-refractivity contribution in [2.45, 2.75) is 32.1 Å². The lowest BCUT2D eigenvalue weighted by molar-refractivity contribution is 0.641. The van der Waals surface area contributed by atoms with Crippen molar-refractivity contribution in [3.8, 4) is 0 Å². The van der Waals surface area contributed by atoms with Gasteiger partial charge in [0.1, 0.15) is 0 Å². The summed E-state index contributed by atoms with van der Waals surface area (Å²) in [5.74, 6) is 1.21. The van der Waals surface area contributed by atoms with E-state index in [0.717, 1.165) is 26.2 Å². The molecule has 0 radical (unpaired) electrons. The van der Waals surface area contributed by atoms with Crippen LogP contribution in [0.1, 0.15) is 26.3 Å². The van der Waals surface area contributed by atoms with Gasteiger partial charge in [-0.15, -0.1) is 0 Å². The number of rotatable bonds is 4. The van der Waals surface area contributed by atoms with Gasteiger partial charge in [-0.1, -0.05) is 28.9 Å². The molecule has 0 amide bonds. The van der Waals surface area contributed by atoms with Gasteiger partial charge in [0.15, 0.2) is 0 Å². The van der Waals surface area contributed by atoms with Gasteiger partial charge >= 0.3 is 0 Å². The van der Waals surface area contributed by atoms with E-state index in [0.29, 0.717) is 4.75 Å². The van der Waals surface area contributed by atoms with Crippen LogP contribution in [0.2, 0.25) is 0 Å². The largest absolute Gasteiger partial charge is 0.369 e. The van der Waals surface area contributed by atoms with Crippen molar-refractivity contribution in [1.29, 1.82) is 0 Å². The van der Waals surface area contributed by atoms with Crippen LogP contribution in [0.3, 0.4) is 0 Å². The molecule has 1 aliphatic heterocycles. The first-order chi connectivity index (χ1) is 9.02. The van der Waals surface area contributed by atoms with Crippen LogP contribution in [0.4, 0.5) is 5.69 Å². The molecule has 1 aliphatic rings. The first-order valence-electron chi connectivity index (χ1n) is 6.90. The van der Waals surface area contributed by atoms with E-state index >= 15 is 0 Å². The van der Waals surface area contributed by atoms with Gasteiger partial charge in [-0.05, 0) is 38.1 Å². The van der Waals surface area contributed by atoms with Gasteiger partial charge in [0.2, 0.25) is 0 Å². The predicted molar refractivity (Wildman–Crippen MR) is 90.3 cm³/mol. The average Bonchev–Trinajstić information content (AvgIpc) is 2.36. The monoisotopic (exact) mass is 342 g/mol. The minimum atomic E-state index is 0.343. The van der Waals surface area contributed by atoms with Crippen molar-refractivity contribution < 1.29 is 0 Å². The Balaban J connectivity index is 2.23. The third-order valence-corrected chi connectivity index (χ3v) is 5.17. The van der Waals surface area contributed by atoms with Crippen LogP contribution in [0, 0.1) is 0 Å². The summed E-state index contributed by atoms with van der Waals surface area (Å²) < 4.78 is 1.51. The lowest BCUT2D eigenvalue weighted by Gasteiger charge is -2.40. The van der Waals surface area contributed by atoms with Crippen LogP contribution < -0.4 is 10.2 Å². The molecular formula is C15H23BrN2S. The summed E-state index contributed by atoms with van der Waals surface area (Å²) in [7, 11) is 0. The van der Waals surface area contributed by atoms with E-state index < -0.39 is 0 Å². The number of nitrogens with zero attached hydrogens (tertiary/aromatic N) is 1. The Morgan fingerprint density at radius 3 is 2.89 bits per heavy atom. The second-order valence-electron chi connectivity index (χ2n) is 5.58. The van der Waals surface area contributed by atoms with E-state index in [2.05, 4.69) is 76.9 Å². The van der Waals surface area contributed by atoms with Gasteiger partial charge < -0.3 is 10.2 Å². The van der Waals surface area contributed by atoms with Gasteiger partial charge in [0.25, 0.3) is 0 Å². The number of nitrogens with one attached hydrogen (secondary N) is 1. The Morgan fingerprint density at radius 1 is 1.42 bits per heavy atom. The molecule has 106 valence electrons. The lowest BCUT2D eigenvalue weighted by Crippen LogP contribution is -2.43. The topological polar surface area (TPSA) is 15.3 Å². The van der Waals surface area contributed by atoms with Gasteiger partial charge in [-0.25, -0.2) is 0 Å². The number of anilines is 1. The molecule has 0 spiro atoms. The van der Waals surface area contributed by atoms with E-state index in [4.69, 9.17) is 0 Å². The molecule has 1 fully saturated rings. The van der Waals surface area contributed by atoms with Crippen LogP contribution in [0.5, 0.6) is 0 Å². The molecule has 1 aromatic rings. The normalized spacial score (nSPS) is 18.6. The summed E-state index contributed by atoms with van der Waals surface area (Å²) in [6.07, 6.45) is 0. The maximum absolute atomic E-state index is 3.61. The smallest absolute Gasteiger partial charge is 0.0423 e. The summed E-state index contributed by atoms with van der Waals surface area (Å²) in [4.78, 5) is 2.54. The minimum absolute atomic E-state index is 0.343. The molecular weight excluding hydrogens is 320 g/mol. The number of halogens is 1. The van der Waals surface area contributed by atoms with E-state index in [1.807, 2.05) is 0 Å². The first kappa shape index (κ1) is 15.2. The highest BCUT2D eigenvalue weighted by Crippen LogP contribution is 2.34. The highest BCUT2D eigenvalue weighted by Gasteiger charge is 2.28. The van der Waals surface area contributed by atoms with E-state index in [-0.39, 0.29) is 0 Å². The maximum atomic E-state index is 3.61. The number of hydrogen-bond donors (Lipinski definition) is 1.